The number of rotatable bonds is 9. The number of halogens is 1. The molecule has 0 bridgehead atoms. The lowest BCUT2D eigenvalue weighted by atomic mass is 10.1. The molecule has 0 radical (unpaired) electrons. The first-order valence-electron chi connectivity index (χ1n) is 7.58. The van der Waals surface area contributed by atoms with Crippen LogP contribution in [0.5, 0.6) is 0 Å². The highest BCUT2D eigenvalue weighted by Crippen LogP contribution is 2.23. The van der Waals surface area contributed by atoms with Crippen molar-refractivity contribution in [3.05, 3.63) is 29.6 Å². The number of aliphatic carboxylic acids is 1. The molecular weight excluding hydrogens is 271 g/mol. The highest BCUT2D eigenvalue weighted by atomic mass is 19.1. The average Bonchev–Trinajstić information content (AvgIpc) is 3.27. The van der Waals surface area contributed by atoms with Crippen molar-refractivity contribution in [2.45, 2.75) is 45.2 Å². The fraction of sp³-hybridized carbons (Fsp3) is 0.562. The molecule has 1 aromatic carbocycles. The van der Waals surface area contributed by atoms with Crippen LogP contribution in [0.4, 0.5) is 10.1 Å². The van der Waals surface area contributed by atoms with Gasteiger partial charge in [0.05, 0.1) is 12.1 Å². The van der Waals surface area contributed by atoms with Crippen LogP contribution in [0, 0.1) is 5.82 Å². The Morgan fingerprint density at radius 1 is 1.43 bits per heavy atom. The topological polar surface area (TPSA) is 52.6 Å². The zero-order valence-corrected chi connectivity index (χ0v) is 12.4. The van der Waals surface area contributed by atoms with Crippen LogP contribution in [0.25, 0.3) is 0 Å². The zero-order chi connectivity index (χ0) is 15.2. The number of anilines is 1. The monoisotopic (exact) mass is 294 g/mol. The molecule has 5 heteroatoms. The third-order valence-electron chi connectivity index (χ3n) is 3.61. The Morgan fingerprint density at radius 2 is 2.19 bits per heavy atom. The molecule has 4 nitrogen and oxygen atoms in total. The van der Waals surface area contributed by atoms with Crippen LogP contribution in [-0.4, -0.2) is 30.2 Å². The number of carbonyl (C=O) groups is 1. The van der Waals surface area contributed by atoms with Gasteiger partial charge in [-0.3, -0.25) is 4.79 Å². The first-order chi connectivity index (χ1) is 10.1. The van der Waals surface area contributed by atoms with Gasteiger partial charge in [-0.05, 0) is 37.0 Å². The molecule has 0 saturated heterocycles. The molecule has 0 atom stereocenters. The predicted molar refractivity (Wildman–Crippen MR) is 81.0 cm³/mol. The van der Waals surface area contributed by atoms with E-state index < -0.39 is 5.97 Å². The van der Waals surface area contributed by atoms with Crippen molar-refractivity contribution < 1.29 is 14.3 Å². The summed E-state index contributed by atoms with van der Waals surface area (Å²) < 4.78 is 14.1. The van der Waals surface area contributed by atoms with Gasteiger partial charge >= 0.3 is 5.97 Å². The molecule has 0 aliphatic heterocycles. The van der Waals surface area contributed by atoms with Gasteiger partial charge < -0.3 is 15.3 Å². The highest BCUT2D eigenvalue weighted by molar-refractivity contribution is 5.67. The zero-order valence-electron chi connectivity index (χ0n) is 12.4. The minimum absolute atomic E-state index is 0.0178. The maximum atomic E-state index is 14.1. The number of hydrogen-bond acceptors (Lipinski definition) is 3. The van der Waals surface area contributed by atoms with E-state index in [1.165, 1.54) is 18.9 Å². The second kappa shape index (κ2) is 7.41. The van der Waals surface area contributed by atoms with Crippen molar-refractivity contribution in [3.8, 4) is 0 Å². The van der Waals surface area contributed by atoms with Gasteiger partial charge in [-0.2, -0.15) is 0 Å². The molecule has 1 aliphatic carbocycles. The lowest BCUT2D eigenvalue weighted by Crippen LogP contribution is -2.28. The smallest absolute Gasteiger partial charge is 0.305 e. The number of carboxylic acids is 1. The van der Waals surface area contributed by atoms with Gasteiger partial charge in [-0.15, -0.1) is 0 Å². The van der Waals surface area contributed by atoms with Crippen molar-refractivity contribution in [3.63, 3.8) is 0 Å². The quantitative estimate of drug-likeness (QED) is 0.735. The molecule has 0 heterocycles. The Kier molecular flexibility index (Phi) is 5.56. The summed E-state index contributed by atoms with van der Waals surface area (Å²) in [5, 5.41) is 12.2. The van der Waals surface area contributed by atoms with Gasteiger partial charge in [0.2, 0.25) is 0 Å². The summed E-state index contributed by atoms with van der Waals surface area (Å²) in [6.45, 7) is 3.73. The van der Waals surface area contributed by atoms with Crippen LogP contribution in [0.2, 0.25) is 0 Å². The van der Waals surface area contributed by atoms with E-state index in [2.05, 4.69) is 5.32 Å². The first kappa shape index (κ1) is 15.8. The van der Waals surface area contributed by atoms with E-state index in [0.717, 1.165) is 18.5 Å². The van der Waals surface area contributed by atoms with Crippen molar-refractivity contribution >= 4 is 11.7 Å². The molecule has 1 aromatic rings. The summed E-state index contributed by atoms with van der Waals surface area (Å²) in [5.74, 6) is -1.15. The molecule has 2 rings (SSSR count). The summed E-state index contributed by atoms with van der Waals surface area (Å²) in [4.78, 5) is 12.6. The van der Waals surface area contributed by atoms with Gasteiger partial charge in [0.25, 0.3) is 0 Å². The van der Waals surface area contributed by atoms with Crippen molar-refractivity contribution in [2.75, 3.05) is 18.0 Å². The number of nitrogens with zero attached hydrogens (tertiary/aromatic N) is 1. The minimum atomic E-state index is -0.858. The molecule has 1 aliphatic rings. The first-order valence-corrected chi connectivity index (χ1v) is 7.58. The second-order valence-corrected chi connectivity index (χ2v) is 5.57. The SMILES string of the molecule is CCCN(CCC(=O)O)c1cc(CNC2CC2)ccc1F. The molecule has 116 valence electrons. The van der Waals surface area contributed by atoms with Gasteiger partial charge in [0, 0.05) is 25.7 Å². The van der Waals surface area contributed by atoms with Crippen molar-refractivity contribution in [1.29, 1.82) is 0 Å². The Morgan fingerprint density at radius 3 is 2.81 bits per heavy atom. The molecule has 21 heavy (non-hydrogen) atoms. The summed E-state index contributed by atoms with van der Waals surface area (Å²) >= 11 is 0. The van der Waals surface area contributed by atoms with Crippen LogP contribution >= 0.6 is 0 Å². The van der Waals surface area contributed by atoms with E-state index in [0.29, 0.717) is 24.8 Å². The molecule has 1 saturated carbocycles. The van der Waals surface area contributed by atoms with Crippen molar-refractivity contribution in [2.24, 2.45) is 0 Å². The largest absolute Gasteiger partial charge is 0.481 e. The molecular formula is C16H23FN2O2. The molecule has 0 spiro atoms. The van der Waals surface area contributed by atoms with E-state index in [1.54, 1.807) is 6.07 Å². The van der Waals surface area contributed by atoms with E-state index in [-0.39, 0.29) is 12.2 Å². The summed E-state index contributed by atoms with van der Waals surface area (Å²) in [6, 6.07) is 5.71. The summed E-state index contributed by atoms with van der Waals surface area (Å²) in [5.41, 5.74) is 1.54. The number of carboxylic acid groups (broad SMARTS) is 1. The van der Waals surface area contributed by atoms with E-state index in [1.807, 2.05) is 17.9 Å². The molecule has 0 unspecified atom stereocenters. The Hall–Kier alpha value is -1.62. The van der Waals surface area contributed by atoms with Crippen LogP contribution in [0.3, 0.4) is 0 Å². The number of nitrogens with one attached hydrogen (secondary N) is 1. The van der Waals surface area contributed by atoms with Crippen LogP contribution in [0.1, 0.15) is 38.2 Å². The lowest BCUT2D eigenvalue weighted by Gasteiger charge is -2.24. The normalized spacial score (nSPS) is 14.2. The van der Waals surface area contributed by atoms with Gasteiger partial charge in [-0.1, -0.05) is 13.0 Å². The summed E-state index contributed by atoms with van der Waals surface area (Å²) in [6.07, 6.45) is 3.30. The minimum Gasteiger partial charge on any atom is -0.481 e. The average molecular weight is 294 g/mol. The Bertz CT molecular complexity index is 489. The third kappa shape index (κ3) is 5.01. The number of benzene rings is 1. The van der Waals surface area contributed by atoms with E-state index in [4.69, 9.17) is 5.11 Å². The maximum absolute atomic E-state index is 14.1. The third-order valence-corrected chi connectivity index (χ3v) is 3.61. The molecule has 2 N–H and O–H groups in total. The second-order valence-electron chi connectivity index (χ2n) is 5.57. The highest BCUT2D eigenvalue weighted by Gasteiger charge is 2.20. The lowest BCUT2D eigenvalue weighted by molar-refractivity contribution is -0.136. The van der Waals surface area contributed by atoms with Gasteiger partial charge in [0.1, 0.15) is 5.82 Å². The van der Waals surface area contributed by atoms with Crippen LogP contribution in [0.15, 0.2) is 18.2 Å². The Labute approximate surface area is 125 Å². The molecule has 0 aromatic heterocycles. The fourth-order valence-electron chi connectivity index (χ4n) is 2.31. The maximum Gasteiger partial charge on any atom is 0.305 e. The van der Waals surface area contributed by atoms with Gasteiger partial charge in [0.15, 0.2) is 0 Å². The van der Waals surface area contributed by atoms with Crippen molar-refractivity contribution in [1.82, 2.24) is 5.32 Å². The van der Waals surface area contributed by atoms with Gasteiger partial charge in [-0.25, -0.2) is 4.39 Å². The van der Waals surface area contributed by atoms with E-state index >= 15 is 0 Å². The van der Waals surface area contributed by atoms with Crippen LogP contribution < -0.4 is 10.2 Å². The van der Waals surface area contributed by atoms with E-state index in [9.17, 15) is 9.18 Å². The molecule has 0 amide bonds. The fourth-order valence-corrected chi connectivity index (χ4v) is 2.31. The molecule has 1 fully saturated rings. The number of hydrogen-bond donors (Lipinski definition) is 2. The van der Waals surface area contributed by atoms with Crippen LogP contribution in [-0.2, 0) is 11.3 Å². The predicted octanol–water partition coefficient (Wildman–Crippen LogP) is 2.77. The summed E-state index contributed by atoms with van der Waals surface area (Å²) in [7, 11) is 0. The standard InChI is InChI=1S/C16H23FN2O2/c1-2-8-19(9-7-16(20)21)15-10-12(3-6-14(15)17)11-18-13-4-5-13/h3,6,10,13,18H,2,4-5,7-9,11H2,1H3,(H,20,21). The Balaban J connectivity index is 2.08.